The second kappa shape index (κ2) is 5.69. The van der Waals surface area contributed by atoms with E-state index in [0.717, 1.165) is 16.7 Å². The van der Waals surface area contributed by atoms with Crippen molar-refractivity contribution in [2.24, 2.45) is 0 Å². The highest BCUT2D eigenvalue weighted by atomic mass is 19.1. The number of halogens is 1. The molecule has 0 radical (unpaired) electrons. The third-order valence-electron chi connectivity index (χ3n) is 4.12. The Morgan fingerprint density at radius 1 is 0.522 bits per heavy atom. The van der Waals surface area contributed by atoms with E-state index < -0.39 is 0 Å². The van der Waals surface area contributed by atoms with Gasteiger partial charge in [0.05, 0.1) is 0 Å². The quantitative estimate of drug-likeness (QED) is 0.406. The summed E-state index contributed by atoms with van der Waals surface area (Å²) < 4.78 is 13.5. The molecule has 0 amide bonds. The Bertz CT molecular complexity index is 980. The van der Waals surface area contributed by atoms with Gasteiger partial charge in [-0.1, -0.05) is 72.8 Å². The molecule has 0 unspecified atom stereocenters. The highest BCUT2D eigenvalue weighted by Crippen LogP contribution is 2.31. The van der Waals surface area contributed by atoms with Gasteiger partial charge in [0, 0.05) is 0 Å². The van der Waals surface area contributed by atoms with Gasteiger partial charge in [-0.25, -0.2) is 4.39 Å². The zero-order valence-electron chi connectivity index (χ0n) is 12.5. The van der Waals surface area contributed by atoms with Crippen LogP contribution < -0.4 is 0 Å². The van der Waals surface area contributed by atoms with E-state index in [1.54, 1.807) is 12.1 Å². The van der Waals surface area contributed by atoms with E-state index in [4.69, 9.17) is 0 Å². The van der Waals surface area contributed by atoms with Gasteiger partial charge in [0.25, 0.3) is 0 Å². The van der Waals surface area contributed by atoms with Crippen LogP contribution in [-0.4, -0.2) is 0 Å². The van der Waals surface area contributed by atoms with Crippen LogP contribution in [0, 0.1) is 5.82 Å². The number of fused-ring (bicyclic) bond motifs is 1. The maximum Gasteiger partial charge on any atom is 0.123 e. The Hall–Kier alpha value is -2.93. The molecule has 4 aromatic carbocycles. The van der Waals surface area contributed by atoms with Gasteiger partial charge in [0.2, 0.25) is 0 Å². The monoisotopic (exact) mass is 298 g/mol. The Morgan fingerprint density at radius 2 is 1.17 bits per heavy atom. The third-order valence-corrected chi connectivity index (χ3v) is 4.12. The van der Waals surface area contributed by atoms with Crippen molar-refractivity contribution < 1.29 is 4.39 Å². The molecule has 0 aromatic heterocycles. The van der Waals surface area contributed by atoms with E-state index in [9.17, 15) is 4.39 Å². The zero-order valence-corrected chi connectivity index (χ0v) is 12.5. The maximum absolute atomic E-state index is 13.5. The Kier molecular flexibility index (Phi) is 3.39. The van der Waals surface area contributed by atoms with Crippen LogP contribution in [0.1, 0.15) is 0 Å². The SMILES string of the molecule is Fc1cccc(-c2cccc(-c3cccc4ccccc34)c2)c1. The van der Waals surface area contributed by atoms with Crippen LogP contribution in [0.2, 0.25) is 0 Å². The molecule has 110 valence electrons. The summed E-state index contributed by atoms with van der Waals surface area (Å²) in [5, 5.41) is 2.45. The molecule has 0 spiro atoms. The summed E-state index contributed by atoms with van der Waals surface area (Å²) in [7, 11) is 0. The van der Waals surface area contributed by atoms with Crippen molar-refractivity contribution in [3.05, 3.63) is 96.8 Å². The summed E-state index contributed by atoms with van der Waals surface area (Å²) in [6.07, 6.45) is 0. The minimum Gasteiger partial charge on any atom is -0.207 e. The van der Waals surface area contributed by atoms with Gasteiger partial charge >= 0.3 is 0 Å². The standard InChI is InChI=1S/C22H15F/c23-20-11-4-9-18(15-20)17-8-3-10-19(14-17)22-13-5-7-16-6-1-2-12-21(16)22/h1-15H. The highest BCUT2D eigenvalue weighted by molar-refractivity contribution is 5.97. The van der Waals surface area contributed by atoms with Crippen LogP contribution in [0.15, 0.2) is 91.0 Å². The van der Waals surface area contributed by atoms with Gasteiger partial charge in [0.1, 0.15) is 5.82 Å². The predicted molar refractivity (Wildman–Crippen MR) is 94.8 cm³/mol. The predicted octanol–water partition coefficient (Wildman–Crippen LogP) is 6.31. The van der Waals surface area contributed by atoms with Crippen LogP contribution in [-0.2, 0) is 0 Å². The summed E-state index contributed by atoms with van der Waals surface area (Å²) >= 11 is 0. The van der Waals surface area contributed by atoms with Crippen LogP contribution in [0.5, 0.6) is 0 Å². The van der Waals surface area contributed by atoms with Crippen molar-refractivity contribution in [1.82, 2.24) is 0 Å². The average molecular weight is 298 g/mol. The smallest absolute Gasteiger partial charge is 0.123 e. The molecule has 0 aliphatic heterocycles. The van der Waals surface area contributed by atoms with Crippen molar-refractivity contribution in [1.29, 1.82) is 0 Å². The first-order chi connectivity index (χ1) is 11.3. The summed E-state index contributed by atoms with van der Waals surface area (Å²) in [6.45, 7) is 0. The molecular formula is C22H15F. The minimum absolute atomic E-state index is 0.210. The zero-order chi connectivity index (χ0) is 15.6. The normalized spacial score (nSPS) is 10.8. The molecule has 0 atom stereocenters. The van der Waals surface area contributed by atoms with Crippen LogP contribution in [0.3, 0.4) is 0 Å². The second-order valence-corrected chi connectivity index (χ2v) is 5.62. The molecule has 0 saturated carbocycles. The second-order valence-electron chi connectivity index (χ2n) is 5.62. The van der Waals surface area contributed by atoms with Crippen LogP contribution in [0.25, 0.3) is 33.0 Å². The Labute approximate surface area is 134 Å². The lowest BCUT2D eigenvalue weighted by molar-refractivity contribution is 0.628. The van der Waals surface area contributed by atoms with Gasteiger partial charge in [-0.2, -0.15) is 0 Å². The highest BCUT2D eigenvalue weighted by Gasteiger charge is 2.05. The molecule has 0 N–H and O–H groups in total. The number of hydrogen-bond donors (Lipinski definition) is 0. The van der Waals surface area contributed by atoms with Crippen LogP contribution in [0.4, 0.5) is 4.39 Å². The minimum atomic E-state index is -0.210. The largest absolute Gasteiger partial charge is 0.207 e. The molecule has 0 saturated heterocycles. The Balaban J connectivity index is 1.88. The van der Waals surface area contributed by atoms with Gasteiger partial charge in [0.15, 0.2) is 0 Å². The molecule has 4 rings (SSSR count). The summed E-state index contributed by atoms with van der Waals surface area (Å²) in [5.74, 6) is -0.210. The third kappa shape index (κ3) is 2.62. The maximum atomic E-state index is 13.5. The van der Waals surface area contributed by atoms with Crippen molar-refractivity contribution in [2.45, 2.75) is 0 Å². The number of hydrogen-bond acceptors (Lipinski definition) is 0. The Morgan fingerprint density at radius 3 is 2.04 bits per heavy atom. The molecule has 0 bridgehead atoms. The first-order valence-corrected chi connectivity index (χ1v) is 7.65. The lowest BCUT2D eigenvalue weighted by Gasteiger charge is -2.09. The molecule has 0 heterocycles. The molecule has 1 heteroatoms. The molecule has 0 aliphatic rings. The fourth-order valence-corrected chi connectivity index (χ4v) is 3.01. The summed E-state index contributed by atoms with van der Waals surface area (Å²) in [5.41, 5.74) is 4.26. The topological polar surface area (TPSA) is 0 Å². The molecule has 4 aromatic rings. The van der Waals surface area contributed by atoms with Gasteiger partial charge in [-0.15, -0.1) is 0 Å². The van der Waals surface area contributed by atoms with E-state index in [2.05, 4.69) is 54.6 Å². The molecule has 23 heavy (non-hydrogen) atoms. The van der Waals surface area contributed by atoms with E-state index in [1.807, 2.05) is 18.2 Å². The van der Waals surface area contributed by atoms with Crippen molar-refractivity contribution in [3.63, 3.8) is 0 Å². The van der Waals surface area contributed by atoms with Crippen LogP contribution >= 0.6 is 0 Å². The summed E-state index contributed by atoms with van der Waals surface area (Å²) in [6, 6.07) is 29.7. The van der Waals surface area contributed by atoms with Crippen molar-refractivity contribution in [2.75, 3.05) is 0 Å². The van der Waals surface area contributed by atoms with Crippen molar-refractivity contribution >= 4 is 10.8 Å². The first kappa shape index (κ1) is 13.7. The molecule has 0 aliphatic carbocycles. The van der Waals surface area contributed by atoms with E-state index in [0.29, 0.717) is 0 Å². The fraction of sp³-hybridized carbons (Fsp3) is 0. The van der Waals surface area contributed by atoms with E-state index >= 15 is 0 Å². The fourth-order valence-electron chi connectivity index (χ4n) is 3.01. The lowest BCUT2D eigenvalue weighted by atomic mass is 9.95. The van der Waals surface area contributed by atoms with E-state index in [1.165, 1.54) is 22.4 Å². The average Bonchev–Trinajstić information content (AvgIpc) is 2.61. The van der Waals surface area contributed by atoms with Gasteiger partial charge in [-0.3, -0.25) is 0 Å². The number of benzene rings is 4. The molecule has 0 nitrogen and oxygen atoms in total. The van der Waals surface area contributed by atoms with Gasteiger partial charge in [-0.05, 0) is 51.2 Å². The lowest BCUT2D eigenvalue weighted by Crippen LogP contribution is -1.84. The molecular weight excluding hydrogens is 283 g/mol. The van der Waals surface area contributed by atoms with Crippen molar-refractivity contribution in [3.8, 4) is 22.3 Å². The first-order valence-electron chi connectivity index (χ1n) is 7.65. The summed E-state index contributed by atoms with van der Waals surface area (Å²) in [4.78, 5) is 0. The molecule has 0 fully saturated rings. The van der Waals surface area contributed by atoms with E-state index in [-0.39, 0.29) is 5.82 Å². The van der Waals surface area contributed by atoms with Gasteiger partial charge < -0.3 is 0 Å². The number of rotatable bonds is 2.